The number of anilines is 1. The Morgan fingerprint density at radius 1 is 1.18 bits per heavy atom. The molecule has 2 aromatic carbocycles. The van der Waals surface area contributed by atoms with Crippen molar-refractivity contribution in [2.75, 3.05) is 30.3 Å². The molecule has 1 aliphatic rings. The molecule has 3 rings (SSSR count). The van der Waals surface area contributed by atoms with E-state index in [0.717, 1.165) is 5.56 Å². The first-order valence-electron chi connectivity index (χ1n) is 9.13. The third-order valence-corrected chi connectivity index (χ3v) is 6.35. The molecule has 0 aromatic heterocycles. The molecule has 8 heteroatoms. The van der Waals surface area contributed by atoms with Gasteiger partial charge in [0, 0.05) is 18.7 Å². The quantitative estimate of drug-likeness (QED) is 0.767. The van der Waals surface area contributed by atoms with Crippen LogP contribution in [0.1, 0.15) is 29.3 Å². The summed E-state index contributed by atoms with van der Waals surface area (Å²) in [6.07, 6.45) is 0.596. The van der Waals surface area contributed by atoms with E-state index < -0.39 is 10.0 Å². The summed E-state index contributed by atoms with van der Waals surface area (Å²) in [5.74, 6) is 1.13. The van der Waals surface area contributed by atoms with Crippen molar-refractivity contribution in [3.05, 3.63) is 53.6 Å². The van der Waals surface area contributed by atoms with E-state index in [4.69, 9.17) is 9.47 Å². The van der Waals surface area contributed by atoms with E-state index in [-0.39, 0.29) is 11.7 Å². The first-order chi connectivity index (χ1) is 13.4. The van der Waals surface area contributed by atoms with Crippen LogP contribution < -0.4 is 19.1 Å². The molecular weight excluding hydrogens is 380 g/mol. The summed E-state index contributed by atoms with van der Waals surface area (Å²) < 4.78 is 36.4. The molecule has 0 radical (unpaired) electrons. The number of sulfonamides is 1. The van der Waals surface area contributed by atoms with Gasteiger partial charge in [-0.25, -0.2) is 8.42 Å². The number of methoxy groups -OCH3 is 1. The number of hydrogen-bond acceptors (Lipinski definition) is 5. The lowest BCUT2D eigenvalue weighted by molar-refractivity contribution is 0.0951. The monoisotopic (exact) mass is 404 g/mol. The molecule has 28 heavy (non-hydrogen) atoms. The standard InChI is InChI=1S/C20H24N2O5S/c1-3-27-18-9-8-15(12-19(18)26-2)14-21-20(23)16-6-4-7-17(13-16)22-10-5-11-28(22,24)25/h4,6-9,12-13H,3,5,10-11,14H2,1-2H3,(H,21,23). The largest absolute Gasteiger partial charge is 0.493 e. The Balaban J connectivity index is 1.69. The molecular formula is C20H24N2O5S. The second-order valence-corrected chi connectivity index (χ2v) is 8.41. The predicted octanol–water partition coefficient (Wildman–Crippen LogP) is 2.56. The molecule has 0 atom stereocenters. The fourth-order valence-corrected chi connectivity index (χ4v) is 4.67. The van der Waals surface area contributed by atoms with Crippen LogP contribution in [0.4, 0.5) is 5.69 Å². The van der Waals surface area contributed by atoms with E-state index in [1.807, 2.05) is 25.1 Å². The van der Waals surface area contributed by atoms with E-state index in [9.17, 15) is 13.2 Å². The third-order valence-electron chi connectivity index (χ3n) is 4.48. The van der Waals surface area contributed by atoms with Crippen LogP contribution in [-0.4, -0.2) is 40.3 Å². The van der Waals surface area contributed by atoms with Crippen molar-refractivity contribution in [3.63, 3.8) is 0 Å². The first-order valence-corrected chi connectivity index (χ1v) is 10.7. The van der Waals surface area contributed by atoms with Gasteiger partial charge in [-0.1, -0.05) is 12.1 Å². The Labute approximate surface area is 165 Å². The van der Waals surface area contributed by atoms with E-state index >= 15 is 0 Å². The molecule has 1 aliphatic heterocycles. The van der Waals surface area contributed by atoms with Crippen LogP contribution in [0.5, 0.6) is 11.5 Å². The zero-order valence-electron chi connectivity index (χ0n) is 16.0. The minimum atomic E-state index is -3.28. The molecule has 1 heterocycles. The number of carbonyl (C=O) groups excluding carboxylic acids is 1. The van der Waals surface area contributed by atoms with Crippen LogP contribution in [0.25, 0.3) is 0 Å². The summed E-state index contributed by atoms with van der Waals surface area (Å²) in [6.45, 7) is 3.19. The Hall–Kier alpha value is -2.74. The summed E-state index contributed by atoms with van der Waals surface area (Å²) in [6, 6.07) is 12.2. The molecule has 0 unspecified atom stereocenters. The Bertz CT molecular complexity index is 959. The number of rotatable bonds is 7. The van der Waals surface area contributed by atoms with E-state index in [1.54, 1.807) is 31.4 Å². The average Bonchev–Trinajstić information content (AvgIpc) is 3.06. The minimum Gasteiger partial charge on any atom is -0.493 e. The van der Waals surface area contributed by atoms with Crippen LogP contribution in [0.3, 0.4) is 0 Å². The maximum atomic E-state index is 12.5. The van der Waals surface area contributed by atoms with Gasteiger partial charge in [0.25, 0.3) is 5.91 Å². The molecule has 0 bridgehead atoms. The Kier molecular flexibility index (Phi) is 6.08. The van der Waals surface area contributed by atoms with E-state index in [2.05, 4.69) is 5.32 Å². The average molecular weight is 404 g/mol. The number of carbonyl (C=O) groups is 1. The number of nitrogens with one attached hydrogen (secondary N) is 1. The summed E-state index contributed by atoms with van der Waals surface area (Å²) in [5.41, 5.74) is 1.80. The maximum Gasteiger partial charge on any atom is 0.251 e. The second kappa shape index (κ2) is 8.52. The van der Waals surface area contributed by atoms with Gasteiger partial charge in [-0.2, -0.15) is 0 Å². The lowest BCUT2D eigenvalue weighted by atomic mass is 10.1. The second-order valence-electron chi connectivity index (χ2n) is 6.39. The van der Waals surface area contributed by atoms with E-state index in [1.165, 1.54) is 4.31 Å². The van der Waals surface area contributed by atoms with Gasteiger partial charge in [-0.3, -0.25) is 9.10 Å². The highest BCUT2D eigenvalue weighted by Crippen LogP contribution is 2.28. The van der Waals surface area contributed by atoms with Crippen molar-refractivity contribution < 1.29 is 22.7 Å². The van der Waals surface area contributed by atoms with Gasteiger partial charge in [0.1, 0.15) is 0 Å². The predicted molar refractivity (Wildman–Crippen MR) is 108 cm³/mol. The van der Waals surface area contributed by atoms with Crippen molar-refractivity contribution in [3.8, 4) is 11.5 Å². The summed E-state index contributed by atoms with van der Waals surface area (Å²) in [4.78, 5) is 12.5. The number of nitrogens with zero attached hydrogens (tertiary/aromatic N) is 1. The van der Waals surface area contributed by atoms with Gasteiger partial charge in [0.2, 0.25) is 10.0 Å². The van der Waals surface area contributed by atoms with Crippen LogP contribution in [0.2, 0.25) is 0 Å². The van der Waals surface area contributed by atoms with Crippen molar-refractivity contribution in [2.45, 2.75) is 19.9 Å². The molecule has 0 aliphatic carbocycles. The number of amides is 1. The SMILES string of the molecule is CCOc1ccc(CNC(=O)c2cccc(N3CCCS3(=O)=O)c2)cc1OC. The Morgan fingerprint density at radius 2 is 2.00 bits per heavy atom. The molecule has 7 nitrogen and oxygen atoms in total. The summed E-state index contributed by atoms with van der Waals surface area (Å²) in [7, 11) is -1.71. The first kappa shape index (κ1) is 20.0. The zero-order chi connectivity index (χ0) is 20.1. The highest BCUT2D eigenvalue weighted by atomic mass is 32.2. The molecule has 1 saturated heterocycles. The maximum absolute atomic E-state index is 12.5. The van der Waals surface area contributed by atoms with Crippen molar-refractivity contribution in [1.82, 2.24) is 5.32 Å². The highest BCUT2D eigenvalue weighted by molar-refractivity contribution is 7.93. The smallest absolute Gasteiger partial charge is 0.251 e. The zero-order valence-corrected chi connectivity index (χ0v) is 16.8. The fraction of sp³-hybridized carbons (Fsp3) is 0.350. The molecule has 1 amide bonds. The molecule has 1 N–H and O–H groups in total. The lowest BCUT2D eigenvalue weighted by Gasteiger charge is -2.17. The topological polar surface area (TPSA) is 84.9 Å². The highest BCUT2D eigenvalue weighted by Gasteiger charge is 2.28. The summed E-state index contributed by atoms with van der Waals surface area (Å²) in [5, 5.41) is 2.85. The van der Waals surface area contributed by atoms with Gasteiger partial charge in [-0.15, -0.1) is 0 Å². The van der Waals surface area contributed by atoms with Crippen molar-refractivity contribution >= 4 is 21.6 Å². The van der Waals surface area contributed by atoms with Crippen LogP contribution in [-0.2, 0) is 16.6 Å². The number of benzene rings is 2. The van der Waals surface area contributed by atoms with Gasteiger partial charge in [-0.05, 0) is 49.2 Å². The minimum absolute atomic E-state index is 0.142. The number of ether oxygens (including phenoxy) is 2. The molecule has 0 spiro atoms. The fourth-order valence-electron chi connectivity index (χ4n) is 3.11. The molecule has 0 saturated carbocycles. The van der Waals surface area contributed by atoms with Crippen LogP contribution in [0, 0.1) is 0 Å². The number of hydrogen-bond donors (Lipinski definition) is 1. The van der Waals surface area contributed by atoms with Crippen LogP contribution in [0.15, 0.2) is 42.5 Å². The van der Waals surface area contributed by atoms with Crippen molar-refractivity contribution in [2.24, 2.45) is 0 Å². The van der Waals surface area contributed by atoms with Gasteiger partial charge < -0.3 is 14.8 Å². The molecule has 2 aromatic rings. The molecule has 150 valence electrons. The van der Waals surface area contributed by atoms with Crippen LogP contribution >= 0.6 is 0 Å². The lowest BCUT2D eigenvalue weighted by Crippen LogP contribution is -2.26. The van der Waals surface area contributed by atoms with Gasteiger partial charge >= 0.3 is 0 Å². The molecule has 1 fully saturated rings. The van der Waals surface area contributed by atoms with Gasteiger partial charge in [0.05, 0.1) is 25.2 Å². The van der Waals surface area contributed by atoms with Gasteiger partial charge in [0.15, 0.2) is 11.5 Å². The Morgan fingerprint density at radius 3 is 2.68 bits per heavy atom. The third kappa shape index (κ3) is 4.39. The van der Waals surface area contributed by atoms with E-state index in [0.29, 0.717) is 48.9 Å². The normalized spacial score (nSPS) is 15.3. The summed E-state index contributed by atoms with van der Waals surface area (Å²) >= 11 is 0. The van der Waals surface area contributed by atoms with Crippen molar-refractivity contribution in [1.29, 1.82) is 0 Å².